The van der Waals surface area contributed by atoms with Gasteiger partial charge in [-0.15, -0.1) is 0 Å². The van der Waals surface area contributed by atoms with Crippen LogP contribution in [0.1, 0.15) is 11.1 Å². The molecule has 3 nitrogen and oxygen atoms in total. The van der Waals surface area contributed by atoms with Gasteiger partial charge in [0.2, 0.25) is 0 Å². The number of nitrogens with zero attached hydrogens (tertiary/aromatic N) is 1. The smallest absolute Gasteiger partial charge is 0.131 e. The van der Waals surface area contributed by atoms with Crippen molar-refractivity contribution in [1.29, 1.82) is 0 Å². The number of aryl methyl sites for hydroxylation is 1. The first-order valence-electron chi connectivity index (χ1n) is 4.56. The van der Waals surface area contributed by atoms with Crippen LogP contribution >= 0.6 is 0 Å². The van der Waals surface area contributed by atoms with Crippen LogP contribution in [0.4, 0.5) is 5.82 Å². The number of hydrogen-bond acceptors (Lipinski definition) is 3. The number of benzene rings is 1. The Bertz CT molecular complexity index is 477. The minimum Gasteiger partial charge on any atom is -0.383 e. The van der Waals surface area contributed by atoms with Gasteiger partial charge in [-0.3, -0.25) is 0 Å². The molecule has 0 amide bonds. The summed E-state index contributed by atoms with van der Waals surface area (Å²) < 4.78 is 0. The van der Waals surface area contributed by atoms with Crippen LogP contribution in [0, 0.1) is 6.92 Å². The quantitative estimate of drug-likeness (QED) is 0.712. The van der Waals surface area contributed by atoms with Crippen LogP contribution in [0.3, 0.4) is 0 Å². The van der Waals surface area contributed by atoms with E-state index in [1.807, 2.05) is 18.2 Å². The molecule has 0 atom stereocenters. The lowest BCUT2D eigenvalue weighted by Gasteiger charge is -2.08. The third-order valence-corrected chi connectivity index (χ3v) is 2.58. The maximum atomic E-state index is 5.77. The van der Waals surface area contributed by atoms with Crippen LogP contribution in [-0.2, 0) is 6.54 Å². The van der Waals surface area contributed by atoms with Crippen LogP contribution in [0.5, 0.6) is 0 Å². The second kappa shape index (κ2) is 3.27. The second-order valence-electron chi connectivity index (χ2n) is 3.35. The summed E-state index contributed by atoms with van der Waals surface area (Å²) in [7, 11) is 0. The van der Waals surface area contributed by atoms with Crippen molar-refractivity contribution in [3.63, 3.8) is 0 Å². The Hall–Kier alpha value is -1.61. The molecule has 3 heteroatoms. The van der Waals surface area contributed by atoms with E-state index in [2.05, 4.69) is 11.9 Å². The summed E-state index contributed by atoms with van der Waals surface area (Å²) >= 11 is 0. The molecule has 14 heavy (non-hydrogen) atoms. The normalized spacial score (nSPS) is 10.7. The lowest BCUT2D eigenvalue weighted by molar-refractivity contribution is 1.06. The summed E-state index contributed by atoms with van der Waals surface area (Å²) in [6.45, 7) is 2.62. The number of nitrogen functional groups attached to an aromatic ring is 1. The number of hydrogen-bond donors (Lipinski definition) is 2. The predicted molar refractivity (Wildman–Crippen MR) is 58.8 cm³/mol. The standard InChI is InChI=1S/C11H13N3/c1-7-8(6-12)2-3-10-9(7)4-5-14-11(10)13/h2-5H,6,12H2,1H3,(H2,13,14). The third kappa shape index (κ3) is 1.22. The molecular weight excluding hydrogens is 174 g/mol. The zero-order chi connectivity index (χ0) is 10.1. The van der Waals surface area contributed by atoms with E-state index in [0.717, 1.165) is 16.3 Å². The van der Waals surface area contributed by atoms with Crippen LogP contribution in [0.2, 0.25) is 0 Å². The predicted octanol–water partition coefficient (Wildman–Crippen LogP) is 1.58. The Kier molecular flexibility index (Phi) is 2.09. The lowest BCUT2D eigenvalue weighted by atomic mass is 10.0. The molecule has 2 aromatic rings. The number of fused-ring (bicyclic) bond motifs is 1. The molecular formula is C11H13N3. The molecule has 0 radical (unpaired) electrons. The first-order chi connectivity index (χ1) is 6.74. The van der Waals surface area contributed by atoms with Gasteiger partial charge in [-0.2, -0.15) is 0 Å². The second-order valence-corrected chi connectivity index (χ2v) is 3.35. The van der Waals surface area contributed by atoms with Gasteiger partial charge in [0, 0.05) is 18.1 Å². The molecule has 2 rings (SSSR count). The fraction of sp³-hybridized carbons (Fsp3) is 0.182. The highest BCUT2D eigenvalue weighted by molar-refractivity contribution is 5.93. The van der Waals surface area contributed by atoms with Gasteiger partial charge in [-0.1, -0.05) is 12.1 Å². The van der Waals surface area contributed by atoms with Gasteiger partial charge in [0.15, 0.2) is 0 Å². The maximum Gasteiger partial charge on any atom is 0.131 e. The highest BCUT2D eigenvalue weighted by Crippen LogP contribution is 2.24. The van der Waals surface area contributed by atoms with Crippen LogP contribution in [0.25, 0.3) is 10.8 Å². The molecule has 0 aliphatic heterocycles. The van der Waals surface area contributed by atoms with E-state index < -0.39 is 0 Å². The Labute approximate surface area is 82.7 Å². The summed E-state index contributed by atoms with van der Waals surface area (Å²) in [6.07, 6.45) is 1.73. The van der Waals surface area contributed by atoms with Gasteiger partial charge in [-0.05, 0) is 29.5 Å². The minimum absolute atomic E-state index is 0.560. The summed E-state index contributed by atoms with van der Waals surface area (Å²) in [6, 6.07) is 5.96. The molecule has 0 aliphatic carbocycles. The van der Waals surface area contributed by atoms with E-state index in [1.165, 1.54) is 5.56 Å². The molecule has 0 aliphatic rings. The van der Waals surface area contributed by atoms with Gasteiger partial charge in [0.05, 0.1) is 0 Å². The lowest BCUT2D eigenvalue weighted by Crippen LogP contribution is -2.00. The summed E-state index contributed by atoms with van der Waals surface area (Å²) in [5, 5.41) is 2.14. The average Bonchev–Trinajstić information content (AvgIpc) is 2.20. The van der Waals surface area contributed by atoms with Gasteiger partial charge >= 0.3 is 0 Å². The van der Waals surface area contributed by atoms with Crippen LogP contribution in [0.15, 0.2) is 24.4 Å². The van der Waals surface area contributed by atoms with Gasteiger partial charge in [-0.25, -0.2) is 4.98 Å². The van der Waals surface area contributed by atoms with Gasteiger partial charge < -0.3 is 11.5 Å². The van der Waals surface area contributed by atoms with Crippen LogP contribution in [-0.4, -0.2) is 4.98 Å². The number of rotatable bonds is 1. The molecule has 0 spiro atoms. The van der Waals surface area contributed by atoms with E-state index >= 15 is 0 Å². The molecule has 0 unspecified atom stereocenters. The SMILES string of the molecule is Cc1c(CN)ccc2c(N)nccc12. The molecule has 0 saturated heterocycles. The third-order valence-electron chi connectivity index (χ3n) is 2.58. The molecule has 1 aromatic carbocycles. The monoisotopic (exact) mass is 187 g/mol. The van der Waals surface area contributed by atoms with Crippen molar-refractivity contribution in [2.75, 3.05) is 5.73 Å². The number of aromatic nitrogens is 1. The van der Waals surface area contributed by atoms with E-state index in [1.54, 1.807) is 6.20 Å². The van der Waals surface area contributed by atoms with Gasteiger partial charge in [0.1, 0.15) is 5.82 Å². The van der Waals surface area contributed by atoms with Crippen molar-refractivity contribution in [2.24, 2.45) is 5.73 Å². The Morgan fingerprint density at radius 3 is 2.71 bits per heavy atom. The fourth-order valence-electron chi connectivity index (χ4n) is 1.69. The van der Waals surface area contributed by atoms with Crippen molar-refractivity contribution in [1.82, 2.24) is 4.98 Å². The summed E-state index contributed by atoms with van der Waals surface area (Å²) in [4.78, 5) is 4.05. The fourth-order valence-corrected chi connectivity index (χ4v) is 1.69. The topological polar surface area (TPSA) is 64.9 Å². The molecule has 0 saturated carbocycles. The Morgan fingerprint density at radius 2 is 2.00 bits per heavy atom. The van der Waals surface area contributed by atoms with Gasteiger partial charge in [0.25, 0.3) is 0 Å². The van der Waals surface area contributed by atoms with Crippen molar-refractivity contribution >= 4 is 16.6 Å². The van der Waals surface area contributed by atoms with E-state index in [4.69, 9.17) is 11.5 Å². The number of nitrogens with two attached hydrogens (primary N) is 2. The molecule has 0 bridgehead atoms. The zero-order valence-electron chi connectivity index (χ0n) is 8.12. The summed E-state index contributed by atoms with van der Waals surface area (Å²) in [5.74, 6) is 0.578. The van der Waals surface area contributed by atoms with Crippen molar-refractivity contribution in [3.05, 3.63) is 35.5 Å². The average molecular weight is 187 g/mol. The molecule has 4 N–H and O–H groups in total. The van der Waals surface area contributed by atoms with E-state index in [9.17, 15) is 0 Å². The van der Waals surface area contributed by atoms with Crippen molar-refractivity contribution in [3.8, 4) is 0 Å². The highest BCUT2D eigenvalue weighted by Gasteiger charge is 2.04. The molecule has 1 heterocycles. The highest BCUT2D eigenvalue weighted by atomic mass is 14.8. The molecule has 1 aromatic heterocycles. The number of pyridine rings is 1. The zero-order valence-corrected chi connectivity index (χ0v) is 8.12. The minimum atomic E-state index is 0.560. The first kappa shape index (κ1) is 8.97. The largest absolute Gasteiger partial charge is 0.383 e. The maximum absolute atomic E-state index is 5.77. The Balaban J connectivity index is 2.84. The number of anilines is 1. The van der Waals surface area contributed by atoms with E-state index in [0.29, 0.717) is 12.4 Å². The Morgan fingerprint density at radius 1 is 1.21 bits per heavy atom. The summed E-state index contributed by atoms with van der Waals surface area (Å²) in [5.41, 5.74) is 13.8. The van der Waals surface area contributed by atoms with Crippen molar-refractivity contribution in [2.45, 2.75) is 13.5 Å². The first-order valence-corrected chi connectivity index (χ1v) is 4.56. The molecule has 0 fully saturated rings. The molecule has 72 valence electrons. The van der Waals surface area contributed by atoms with Crippen molar-refractivity contribution < 1.29 is 0 Å². The van der Waals surface area contributed by atoms with Crippen LogP contribution < -0.4 is 11.5 Å². The van der Waals surface area contributed by atoms with E-state index in [-0.39, 0.29) is 0 Å².